The zero-order valence-electron chi connectivity index (χ0n) is 19.0. The van der Waals surface area contributed by atoms with Crippen molar-refractivity contribution in [2.75, 3.05) is 51.0 Å². The topological polar surface area (TPSA) is 44.8 Å². The van der Waals surface area contributed by atoms with Crippen molar-refractivity contribution in [1.82, 2.24) is 10.2 Å². The Labute approximate surface area is 186 Å². The maximum atomic E-state index is 13.1. The Balaban J connectivity index is 1.54. The average Bonchev–Trinajstić information content (AvgIpc) is 3.21. The zero-order chi connectivity index (χ0) is 21.3. The van der Waals surface area contributed by atoms with E-state index < -0.39 is 0 Å². The first-order valence-electron chi connectivity index (χ1n) is 11.7. The van der Waals surface area contributed by atoms with Gasteiger partial charge in [0.15, 0.2) is 5.75 Å². The Morgan fingerprint density at radius 3 is 2.80 bits per heavy atom. The minimum Gasteiger partial charge on any atom is -0.489 e. The molecule has 30 heavy (non-hydrogen) atoms. The number of likely N-dealkylation sites (N-methyl/N-ethyl adjacent to an activating group) is 1. The molecule has 1 amide bonds. The summed E-state index contributed by atoms with van der Waals surface area (Å²) in [5.74, 6) is 0.721. The monoisotopic (exact) mass is 433 g/mol. The lowest BCUT2D eigenvalue weighted by atomic mass is 10.1. The number of rotatable bonds is 11. The molecule has 5 nitrogen and oxygen atoms in total. The van der Waals surface area contributed by atoms with E-state index >= 15 is 0 Å². The second-order valence-corrected chi connectivity index (χ2v) is 9.48. The Hall–Kier alpha value is -1.40. The molecule has 0 radical (unpaired) electrons. The van der Waals surface area contributed by atoms with Gasteiger partial charge in [0.2, 0.25) is 0 Å². The molecule has 0 bridgehead atoms. The Morgan fingerprint density at radius 2 is 2.00 bits per heavy atom. The van der Waals surface area contributed by atoms with E-state index in [1.807, 2.05) is 12.3 Å². The molecule has 1 aromatic rings. The number of hydrogen-bond donors (Lipinski definition) is 1. The molecule has 1 aromatic carbocycles. The predicted octanol–water partition coefficient (Wildman–Crippen LogP) is 4.79. The maximum absolute atomic E-state index is 13.1. The third-order valence-corrected chi connectivity index (χ3v) is 7.11. The summed E-state index contributed by atoms with van der Waals surface area (Å²) in [5.41, 5.74) is 1.69. The van der Waals surface area contributed by atoms with E-state index in [9.17, 15) is 4.79 Å². The lowest BCUT2D eigenvalue weighted by molar-refractivity contribution is 0.0936. The SMILES string of the molecule is CCCCCCCCN1CCC[C@H]1CNC(=O)c1cc(SC)cc2c1OCCN2C. The second-order valence-electron chi connectivity index (χ2n) is 8.60. The van der Waals surface area contributed by atoms with Crippen LogP contribution in [0.3, 0.4) is 0 Å². The Morgan fingerprint density at radius 1 is 1.20 bits per heavy atom. The number of amides is 1. The highest BCUT2D eigenvalue weighted by Gasteiger charge is 2.27. The van der Waals surface area contributed by atoms with Gasteiger partial charge in [-0.3, -0.25) is 9.69 Å². The fourth-order valence-corrected chi connectivity index (χ4v) is 5.00. The summed E-state index contributed by atoms with van der Waals surface area (Å²) in [7, 11) is 2.06. The Bertz CT molecular complexity index is 697. The number of thioether (sulfide) groups is 1. The van der Waals surface area contributed by atoms with Crippen molar-refractivity contribution >= 4 is 23.4 Å². The van der Waals surface area contributed by atoms with Crippen LogP contribution in [0, 0.1) is 0 Å². The van der Waals surface area contributed by atoms with Gasteiger partial charge in [-0.2, -0.15) is 0 Å². The molecule has 168 valence electrons. The van der Waals surface area contributed by atoms with Crippen LogP contribution >= 0.6 is 11.8 Å². The first kappa shape index (κ1) is 23.3. The van der Waals surface area contributed by atoms with Gasteiger partial charge in [0.25, 0.3) is 5.91 Å². The molecule has 6 heteroatoms. The van der Waals surface area contributed by atoms with Crippen LogP contribution in [0.4, 0.5) is 5.69 Å². The smallest absolute Gasteiger partial charge is 0.255 e. The number of anilines is 1. The molecule has 1 saturated heterocycles. The van der Waals surface area contributed by atoms with Gasteiger partial charge < -0.3 is 15.0 Å². The van der Waals surface area contributed by atoms with Crippen molar-refractivity contribution in [2.24, 2.45) is 0 Å². The van der Waals surface area contributed by atoms with Crippen LogP contribution in [0.1, 0.15) is 68.6 Å². The molecule has 3 rings (SSSR count). The molecule has 0 spiro atoms. The van der Waals surface area contributed by atoms with Crippen molar-refractivity contribution < 1.29 is 9.53 Å². The fraction of sp³-hybridized carbons (Fsp3) is 0.708. The van der Waals surface area contributed by atoms with Gasteiger partial charge in [0.05, 0.1) is 17.8 Å². The summed E-state index contributed by atoms with van der Waals surface area (Å²) in [6.07, 6.45) is 12.5. The van der Waals surface area contributed by atoms with Crippen molar-refractivity contribution in [3.8, 4) is 5.75 Å². The van der Waals surface area contributed by atoms with Crippen molar-refractivity contribution in [3.05, 3.63) is 17.7 Å². The molecule has 1 atom stereocenters. The molecule has 2 heterocycles. The fourth-order valence-electron chi connectivity index (χ4n) is 4.54. The molecule has 0 saturated carbocycles. The number of unbranched alkanes of at least 4 members (excludes halogenated alkanes) is 5. The lowest BCUT2D eigenvalue weighted by Crippen LogP contribution is -2.41. The molecule has 2 aliphatic rings. The normalized spacial score (nSPS) is 18.9. The van der Waals surface area contributed by atoms with Crippen LogP contribution in [-0.4, -0.2) is 62.9 Å². The third-order valence-electron chi connectivity index (χ3n) is 6.40. The van der Waals surface area contributed by atoms with E-state index in [1.165, 1.54) is 57.9 Å². The van der Waals surface area contributed by atoms with Crippen LogP contribution in [0.25, 0.3) is 0 Å². The van der Waals surface area contributed by atoms with Gasteiger partial charge in [0.1, 0.15) is 6.61 Å². The van der Waals surface area contributed by atoms with E-state index in [2.05, 4.69) is 35.2 Å². The number of carbonyl (C=O) groups is 1. The molecule has 2 aliphatic heterocycles. The molecule has 1 N–H and O–H groups in total. The summed E-state index contributed by atoms with van der Waals surface area (Å²) in [6.45, 7) is 6.79. The van der Waals surface area contributed by atoms with Crippen molar-refractivity contribution in [2.45, 2.75) is 69.2 Å². The number of hydrogen-bond acceptors (Lipinski definition) is 5. The molecule has 0 aromatic heterocycles. The average molecular weight is 434 g/mol. The van der Waals surface area contributed by atoms with Crippen LogP contribution in [-0.2, 0) is 0 Å². The van der Waals surface area contributed by atoms with E-state index in [1.54, 1.807) is 11.8 Å². The minimum atomic E-state index is -0.0103. The number of nitrogens with zero attached hydrogens (tertiary/aromatic N) is 2. The highest BCUT2D eigenvalue weighted by Crippen LogP contribution is 2.38. The van der Waals surface area contributed by atoms with Crippen molar-refractivity contribution in [3.63, 3.8) is 0 Å². The maximum Gasteiger partial charge on any atom is 0.255 e. The highest BCUT2D eigenvalue weighted by atomic mass is 32.2. The largest absolute Gasteiger partial charge is 0.489 e. The quantitative estimate of drug-likeness (QED) is 0.401. The molecule has 0 aliphatic carbocycles. The minimum absolute atomic E-state index is 0.0103. The highest BCUT2D eigenvalue weighted by molar-refractivity contribution is 7.98. The first-order chi connectivity index (χ1) is 14.6. The summed E-state index contributed by atoms with van der Waals surface area (Å²) >= 11 is 1.66. The number of fused-ring (bicyclic) bond motifs is 1. The number of ether oxygens (including phenoxy) is 1. The standard InChI is InChI=1S/C24H39N3O2S/c1-4-5-6-7-8-9-12-27-13-10-11-19(27)18-25-24(28)21-16-20(30-3)17-22-23(21)29-15-14-26(22)2/h16-17,19H,4-15,18H2,1-3H3,(H,25,28)/t19-/m0/s1. The molecular formula is C24H39N3O2S. The number of carbonyl (C=O) groups excluding carboxylic acids is 1. The van der Waals surface area contributed by atoms with Crippen LogP contribution in [0.2, 0.25) is 0 Å². The predicted molar refractivity (Wildman–Crippen MR) is 127 cm³/mol. The van der Waals surface area contributed by atoms with Gasteiger partial charge >= 0.3 is 0 Å². The number of benzene rings is 1. The second kappa shape index (κ2) is 11.8. The van der Waals surface area contributed by atoms with Crippen LogP contribution in [0.5, 0.6) is 5.75 Å². The number of nitrogens with one attached hydrogen (secondary N) is 1. The molecule has 0 unspecified atom stereocenters. The zero-order valence-corrected chi connectivity index (χ0v) is 19.9. The summed E-state index contributed by atoms with van der Waals surface area (Å²) in [6, 6.07) is 4.56. The molecule has 1 fully saturated rings. The van der Waals surface area contributed by atoms with Gasteiger partial charge in [-0.25, -0.2) is 0 Å². The number of likely N-dealkylation sites (tertiary alicyclic amines) is 1. The third kappa shape index (κ3) is 6.07. The van der Waals surface area contributed by atoms with Gasteiger partial charge in [0, 0.05) is 24.5 Å². The van der Waals surface area contributed by atoms with Gasteiger partial charge in [-0.15, -0.1) is 11.8 Å². The van der Waals surface area contributed by atoms with Crippen molar-refractivity contribution in [1.29, 1.82) is 0 Å². The first-order valence-corrected chi connectivity index (χ1v) is 12.9. The molecular weight excluding hydrogens is 394 g/mol. The van der Waals surface area contributed by atoms with Gasteiger partial charge in [-0.05, 0) is 50.7 Å². The van der Waals surface area contributed by atoms with Crippen LogP contribution < -0.4 is 15.0 Å². The summed E-state index contributed by atoms with van der Waals surface area (Å²) in [5, 5.41) is 3.22. The van der Waals surface area contributed by atoms with E-state index in [-0.39, 0.29) is 5.91 Å². The lowest BCUT2D eigenvalue weighted by Gasteiger charge is -2.30. The summed E-state index contributed by atoms with van der Waals surface area (Å²) in [4.78, 5) is 18.9. The summed E-state index contributed by atoms with van der Waals surface area (Å²) < 4.78 is 5.91. The Kier molecular flexibility index (Phi) is 9.19. The van der Waals surface area contributed by atoms with Crippen LogP contribution in [0.15, 0.2) is 17.0 Å². The van der Waals surface area contributed by atoms with E-state index in [0.717, 1.165) is 36.0 Å². The van der Waals surface area contributed by atoms with E-state index in [4.69, 9.17) is 4.74 Å². The van der Waals surface area contributed by atoms with E-state index in [0.29, 0.717) is 18.2 Å². The van der Waals surface area contributed by atoms with Gasteiger partial charge in [-0.1, -0.05) is 39.0 Å².